The second-order valence-electron chi connectivity index (χ2n) is 6.51. The molecule has 0 fully saturated rings. The van der Waals surface area contributed by atoms with Crippen molar-refractivity contribution in [2.24, 2.45) is 0 Å². The van der Waals surface area contributed by atoms with Crippen LogP contribution >= 0.6 is 11.6 Å². The number of fused-ring (bicyclic) bond motifs is 3. The fourth-order valence-electron chi connectivity index (χ4n) is 3.44. The normalized spacial score (nSPS) is 13.4. The van der Waals surface area contributed by atoms with Crippen LogP contribution in [0.2, 0.25) is 5.02 Å². The Morgan fingerprint density at radius 2 is 1.83 bits per heavy atom. The summed E-state index contributed by atoms with van der Waals surface area (Å²) < 4.78 is 16.0. The Morgan fingerprint density at radius 3 is 2.55 bits per heavy atom. The molecule has 3 aromatic heterocycles. The van der Waals surface area contributed by atoms with Crippen molar-refractivity contribution in [2.75, 3.05) is 7.05 Å². The molecule has 1 aliphatic heterocycles. The summed E-state index contributed by atoms with van der Waals surface area (Å²) in [4.78, 5) is 34.6. The van der Waals surface area contributed by atoms with Crippen molar-refractivity contribution < 1.29 is 14.0 Å². The summed E-state index contributed by atoms with van der Waals surface area (Å²) in [6.45, 7) is 0. The number of carbonyl (C=O) groups is 2. The lowest BCUT2D eigenvalue weighted by Gasteiger charge is -2.05. The second-order valence-corrected chi connectivity index (χ2v) is 6.94. The van der Waals surface area contributed by atoms with E-state index in [1.54, 1.807) is 24.5 Å². The number of benzene rings is 1. The first-order valence-corrected chi connectivity index (χ1v) is 8.95. The van der Waals surface area contributed by atoms with Crippen molar-refractivity contribution in [3.05, 3.63) is 70.9 Å². The molecule has 4 heterocycles. The summed E-state index contributed by atoms with van der Waals surface area (Å²) in [6.07, 6.45) is 4.49. The van der Waals surface area contributed by atoms with Crippen LogP contribution in [0.1, 0.15) is 20.7 Å². The van der Waals surface area contributed by atoms with Crippen molar-refractivity contribution in [3.63, 3.8) is 0 Å². The number of aromatic nitrogens is 4. The third-order valence-corrected chi connectivity index (χ3v) is 5.08. The van der Waals surface area contributed by atoms with Gasteiger partial charge in [0.25, 0.3) is 11.8 Å². The van der Waals surface area contributed by atoms with Gasteiger partial charge in [0, 0.05) is 36.2 Å². The van der Waals surface area contributed by atoms with Crippen molar-refractivity contribution in [1.29, 1.82) is 0 Å². The summed E-state index contributed by atoms with van der Waals surface area (Å²) in [5, 5.41) is 5.17. The number of nitrogens with zero attached hydrogens (tertiary/aromatic N) is 5. The summed E-state index contributed by atoms with van der Waals surface area (Å²) >= 11 is 5.87. The van der Waals surface area contributed by atoms with E-state index in [9.17, 15) is 14.0 Å². The molecule has 0 saturated heterocycles. The van der Waals surface area contributed by atoms with Gasteiger partial charge in [-0.15, -0.1) is 0 Å². The topological polar surface area (TPSA) is 81.0 Å². The van der Waals surface area contributed by atoms with Crippen LogP contribution in [-0.4, -0.2) is 43.5 Å². The van der Waals surface area contributed by atoms with E-state index in [0.29, 0.717) is 16.6 Å². The Kier molecular flexibility index (Phi) is 3.72. The molecule has 9 heteroatoms. The minimum Gasteiger partial charge on any atom is -0.277 e. The smallest absolute Gasteiger partial charge is 0.262 e. The standard InChI is InChI=1S/C20H11ClFN5O2/c1-26-19(28)12-9-24-18-16(15(12)20(26)29)17(10-4-6-23-7-5-10)25-27(18)14-3-2-11(21)8-13(14)22/h2-9H,1H3. The Morgan fingerprint density at radius 1 is 1.07 bits per heavy atom. The average Bonchev–Trinajstić information content (AvgIpc) is 3.20. The van der Waals surface area contributed by atoms with Gasteiger partial charge in [0.15, 0.2) is 5.65 Å². The van der Waals surface area contributed by atoms with Crippen LogP contribution in [0.5, 0.6) is 0 Å². The Balaban J connectivity index is 1.91. The van der Waals surface area contributed by atoms with E-state index in [-0.39, 0.29) is 27.5 Å². The highest BCUT2D eigenvalue weighted by molar-refractivity contribution is 6.30. The van der Waals surface area contributed by atoms with E-state index in [1.807, 2.05) is 0 Å². The zero-order chi connectivity index (χ0) is 20.3. The predicted molar refractivity (Wildman–Crippen MR) is 103 cm³/mol. The lowest BCUT2D eigenvalue weighted by Crippen LogP contribution is -2.24. The van der Waals surface area contributed by atoms with Gasteiger partial charge < -0.3 is 0 Å². The minimum absolute atomic E-state index is 0.122. The molecule has 4 aromatic rings. The van der Waals surface area contributed by atoms with Crippen LogP contribution in [0.4, 0.5) is 4.39 Å². The Hall–Kier alpha value is -3.65. The van der Waals surface area contributed by atoms with Crippen LogP contribution in [0.25, 0.3) is 28.0 Å². The molecule has 0 N–H and O–H groups in total. The molecule has 0 saturated carbocycles. The number of rotatable bonds is 2. The molecule has 0 unspecified atom stereocenters. The highest BCUT2D eigenvalue weighted by atomic mass is 35.5. The van der Waals surface area contributed by atoms with Crippen molar-refractivity contribution in [2.45, 2.75) is 0 Å². The fourth-order valence-corrected chi connectivity index (χ4v) is 3.60. The number of hydrogen-bond donors (Lipinski definition) is 0. The predicted octanol–water partition coefficient (Wildman–Crippen LogP) is 3.50. The van der Waals surface area contributed by atoms with Crippen LogP contribution in [0.15, 0.2) is 48.9 Å². The van der Waals surface area contributed by atoms with E-state index < -0.39 is 17.6 Å². The molecule has 1 aromatic carbocycles. The quantitative estimate of drug-likeness (QED) is 0.475. The summed E-state index contributed by atoms with van der Waals surface area (Å²) in [5.41, 5.74) is 1.83. The molecule has 0 radical (unpaired) electrons. The Labute approximate surface area is 168 Å². The minimum atomic E-state index is -0.593. The molecule has 7 nitrogen and oxygen atoms in total. The lowest BCUT2D eigenvalue weighted by atomic mass is 10.0. The van der Waals surface area contributed by atoms with Gasteiger partial charge in [-0.05, 0) is 30.3 Å². The number of imide groups is 1. The molecule has 29 heavy (non-hydrogen) atoms. The van der Waals surface area contributed by atoms with E-state index in [2.05, 4.69) is 15.1 Å². The SMILES string of the molecule is CN1C(=O)c2cnc3c(c(-c4ccncc4)nn3-c3ccc(Cl)cc3F)c2C1=O. The molecular weight excluding hydrogens is 397 g/mol. The van der Waals surface area contributed by atoms with Gasteiger partial charge in [0.2, 0.25) is 0 Å². The van der Waals surface area contributed by atoms with E-state index in [4.69, 9.17) is 11.6 Å². The zero-order valence-corrected chi connectivity index (χ0v) is 15.7. The number of carbonyl (C=O) groups excluding carboxylic acids is 2. The molecule has 2 amide bonds. The van der Waals surface area contributed by atoms with Crippen molar-refractivity contribution in [3.8, 4) is 16.9 Å². The van der Waals surface area contributed by atoms with Crippen molar-refractivity contribution >= 4 is 34.4 Å². The zero-order valence-electron chi connectivity index (χ0n) is 14.9. The van der Waals surface area contributed by atoms with Gasteiger partial charge >= 0.3 is 0 Å². The van der Waals surface area contributed by atoms with E-state index in [1.165, 1.54) is 36.1 Å². The molecule has 0 bridgehead atoms. The maximum Gasteiger partial charge on any atom is 0.262 e. The molecule has 0 atom stereocenters. The first-order chi connectivity index (χ1) is 14.0. The number of hydrogen-bond acceptors (Lipinski definition) is 5. The fraction of sp³-hybridized carbons (Fsp3) is 0.0500. The highest BCUT2D eigenvalue weighted by Gasteiger charge is 2.37. The third kappa shape index (κ3) is 2.46. The maximum absolute atomic E-state index is 14.6. The average molecular weight is 408 g/mol. The summed E-state index contributed by atoms with van der Waals surface area (Å²) in [7, 11) is 1.41. The number of pyridine rings is 2. The lowest BCUT2D eigenvalue weighted by molar-refractivity contribution is 0.0693. The van der Waals surface area contributed by atoms with Crippen LogP contribution in [0.3, 0.4) is 0 Å². The van der Waals surface area contributed by atoms with E-state index >= 15 is 0 Å². The Bertz CT molecular complexity index is 1340. The summed E-state index contributed by atoms with van der Waals surface area (Å²) in [5.74, 6) is -1.49. The monoisotopic (exact) mass is 407 g/mol. The molecular formula is C20H11ClFN5O2. The second kappa shape index (κ2) is 6.18. The number of amides is 2. The molecule has 142 valence electrons. The molecule has 5 rings (SSSR count). The summed E-state index contributed by atoms with van der Waals surface area (Å²) in [6, 6.07) is 7.62. The van der Waals surface area contributed by atoms with Gasteiger partial charge in [-0.25, -0.2) is 14.1 Å². The van der Waals surface area contributed by atoms with Gasteiger partial charge in [0.05, 0.1) is 16.5 Å². The molecule has 1 aliphatic rings. The largest absolute Gasteiger partial charge is 0.277 e. The first kappa shape index (κ1) is 17.4. The molecule has 0 aliphatic carbocycles. The van der Waals surface area contributed by atoms with Gasteiger partial charge in [0.1, 0.15) is 17.2 Å². The van der Waals surface area contributed by atoms with E-state index in [0.717, 1.165) is 4.90 Å². The maximum atomic E-state index is 14.6. The van der Waals surface area contributed by atoms with Gasteiger partial charge in [-0.2, -0.15) is 5.10 Å². The first-order valence-electron chi connectivity index (χ1n) is 8.57. The van der Waals surface area contributed by atoms with Crippen LogP contribution in [-0.2, 0) is 0 Å². The van der Waals surface area contributed by atoms with Gasteiger partial charge in [-0.1, -0.05) is 11.6 Å². The highest BCUT2D eigenvalue weighted by Crippen LogP contribution is 2.36. The molecule has 0 spiro atoms. The van der Waals surface area contributed by atoms with Crippen LogP contribution in [0, 0.1) is 5.82 Å². The number of halogens is 2. The third-order valence-electron chi connectivity index (χ3n) is 4.84. The van der Waals surface area contributed by atoms with Gasteiger partial charge in [-0.3, -0.25) is 19.5 Å². The van der Waals surface area contributed by atoms with Crippen molar-refractivity contribution in [1.82, 2.24) is 24.6 Å². The van der Waals surface area contributed by atoms with Crippen LogP contribution < -0.4 is 0 Å².